The van der Waals surface area contributed by atoms with Gasteiger partial charge < -0.3 is 5.32 Å². The second kappa shape index (κ2) is 5.32. The molecule has 5 heteroatoms. The molecule has 6 rings (SSSR count). The first-order valence-electron chi connectivity index (χ1n) is 9.66. The van der Waals surface area contributed by atoms with E-state index >= 15 is 0 Å². The van der Waals surface area contributed by atoms with Crippen molar-refractivity contribution in [3.8, 4) is 6.07 Å². The van der Waals surface area contributed by atoms with Crippen molar-refractivity contribution in [2.75, 3.05) is 5.32 Å². The molecule has 5 atom stereocenters. The minimum absolute atomic E-state index is 0.117. The van der Waals surface area contributed by atoms with Crippen LogP contribution in [0.3, 0.4) is 0 Å². The minimum atomic E-state index is -0.443. The molecule has 0 radical (unpaired) electrons. The fraction of sp³-hybridized carbons (Fsp3) is 0.364. The van der Waals surface area contributed by atoms with Gasteiger partial charge in [-0.1, -0.05) is 6.07 Å². The van der Waals surface area contributed by atoms with Gasteiger partial charge in [-0.25, -0.2) is 4.39 Å². The molecule has 1 aromatic heterocycles. The Morgan fingerprint density at radius 3 is 2.93 bits per heavy atom. The smallest absolute Gasteiger partial charge is 0.140 e. The highest BCUT2D eigenvalue weighted by molar-refractivity contribution is 5.84. The largest absolute Gasteiger partial charge is 0.378 e. The number of benzene rings is 2. The van der Waals surface area contributed by atoms with Gasteiger partial charge in [0.2, 0.25) is 0 Å². The van der Waals surface area contributed by atoms with Crippen LogP contribution in [0.5, 0.6) is 0 Å². The number of fused-ring (bicyclic) bond motifs is 8. The first-order chi connectivity index (χ1) is 13.2. The molecule has 2 bridgehead atoms. The van der Waals surface area contributed by atoms with Crippen molar-refractivity contribution in [3.63, 3.8) is 0 Å². The summed E-state index contributed by atoms with van der Waals surface area (Å²) < 4.78 is 13.9. The second-order valence-electron chi connectivity index (χ2n) is 8.31. The molecule has 4 nitrogen and oxygen atoms in total. The molecule has 2 fully saturated rings. The van der Waals surface area contributed by atoms with Crippen molar-refractivity contribution in [2.24, 2.45) is 17.8 Å². The molecule has 2 N–H and O–H groups in total. The lowest BCUT2D eigenvalue weighted by Crippen LogP contribution is -2.35. The number of rotatable bonds is 1. The fourth-order valence-electron chi connectivity index (χ4n) is 6.08. The maximum atomic E-state index is 13.9. The van der Waals surface area contributed by atoms with Gasteiger partial charge in [-0.3, -0.25) is 5.10 Å². The van der Waals surface area contributed by atoms with Crippen LogP contribution in [-0.2, 0) is 0 Å². The van der Waals surface area contributed by atoms with E-state index in [0.29, 0.717) is 17.8 Å². The van der Waals surface area contributed by atoms with Gasteiger partial charge in [-0.15, -0.1) is 0 Å². The number of nitrogens with zero attached hydrogens (tertiary/aromatic N) is 2. The number of aromatic nitrogens is 2. The Bertz CT molecular complexity index is 1110. The zero-order valence-electron chi connectivity index (χ0n) is 14.7. The summed E-state index contributed by atoms with van der Waals surface area (Å²) in [6, 6.07) is 11.6. The fourth-order valence-corrected chi connectivity index (χ4v) is 6.08. The molecule has 0 amide bonds. The molecule has 2 saturated carbocycles. The van der Waals surface area contributed by atoms with Gasteiger partial charge in [0, 0.05) is 11.1 Å². The van der Waals surface area contributed by atoms with Crippen molar-refractivity contribution in [3.05, 3.63) is 59.0 Å². The van der Waals surface area contributed by atoms with Crippen molar-refractivity contribution in [1.29, 1.82) is 5.26 Å². The van der Waals surface area contributed by atoms with Crippen molar-refractivity contribution in [1.82, 2.24) is 10.2 Å². The number of H-pyrrole nitrogens is 1. The zero-order chi connectivity index (χ0) is 18.1. The normalized spacial score (nSPS) is 30.6. The summed E-state index contributed by atoms with van der Waals surface area (Å²) in [7, 11) is 0. The highest BCUT2D eigenvalue weighted by Gasteiger charge is 2.53. The van der Waals surface area contributed by atoms with Crippen LogP contribution in [0.2, 0.25) is 0 Å². The van der Waals surface area contributed by atoms with E-state index in [0.717, 1.165) is 28.1 Å². The van der Waals surface area contributed by atoms with Gasteiger partial charge in [-0.2, -0.15) is 10.4 Å². The highest BCUT2D eigenvalue weighted by atomic mass is 19.1. The predicted octanol–water partition coefficient (Wildman–Crippen LogP) is 4.87. The summed E-state index contributed by atoms with van der Waals surface area (Å²) >= 11 is 0. The summed E-state index contributed by atoms with van der Waals surface area (Å²) in [5.41, 5.74) is 4.72. The number of nitriles is 1. The van der Waals surface area contributed by atoms with E-state index in [1.165, 1.54) is 30.9 Å². The number of hydrogen-bond donors (Lipinski definition) is 2. The van der Waals surface area contributed by atoms with Crippen LogP contribution < -0.4 is 5.32 Å². The average molecular weight is 358 g/mol. The van der Waals surface area contributed by atoms with Crippen molar-refractivity contribution >= 4 is 16.6 Å². The first-order valence-corrected chi connectivity index (χ1v) is 9.66. The molecular weight excluding hydrogens is 339 g/mol. The van der Waals surface area contributed by atoms with Gasteiger partial charge in [0.15, 0.2) is 0 Å². The summed E-state index contributed by atoms with van der Waals surface area (Å²) in [5.74, 6) is 2.00. The second-order valence-corrected chi connectivity index (χ2v) is 8.31. The molecule has 2 heterocycles. The first kappa shape index (κ1) is 15.2. The Morgan fingerprint density at radius 2 is 2.04 bits per heavy atom. The van der Waals surface area contributed by atoms with E-state index in [9.17, 15) is 9.65 Å². The molecule has 27 heavy (non-hydrogen) atoms. The summed E-state index contributed by atoms with van der Waals surface area (Å²) in [6.07, 6.45) is 5.75. The van der Waals surface area contributed by atoms with Crippen LogP contribution in [-0.4, -0.2) is 10.2 Å². The molecule has 134 valence electrons. The molecule has 1 aliphatic heterocycles. The Balaban J connectivity index is 1.53. The van der Waals surface area contributed by atoms with E-state index in [1.807, 2.05) is 18.3 Å². The minimum Gasteiger partial charge on any atom is -0.378 e. The number of hydrogen-bond acceptors (Lipinski definition) is 3. The number of anilines is 1. The molecule has 2 aliphatic carbocycles. The quantitative estimate of drug-likeness (QED) is 0.652. The zero-order valence-corrected chi connectivity index (χ0v) is 14.7. The molecular formula is C22H19FN4. The predicted molar refractivity (Wildman–Crippen MR) is 101 cm³/mol. The van der Waals surface area contributed by atoms with E-state index < -0.39 is 5.82 Å². The maximum Gasteiger partial charge on any atom is 0.140 e. The third-order valence-corrected chi connectivity index (χ3v) is 7.12. The lowest BCUT2D eigenvalue weighted by molar-refractivity contribution is 0.247. The van der Waals surface area contributed by atoms with Crippen LogP contribution in [0.15, 0.2) is 36.5 Å². The highest BCUT2D eigenvalue weighted by Crippen LogP contribution is 2.63. The molecule has 2 unspecified atom stereocenters. The maximum absolute atomic E-state index is 13.9. The number of halogens is 1. The van der Waals surface area contributed by atoms with Crippen LogP contribution in [0.4, 0.5) is 10.1 Å². The van der Waals surface area contributed by atoms with Crippen LogP contribution in [0.1, 0.15) is 47.9 Å². The van der Waals surface area contributed by atoms with Crippen LogP contribution in [0, 0.1) is 34.9 Å². The van der Waals surface area contributed by atoms with Crippen LogP contribution >= 0.6 is 0 Å². The van der Waals surface area contributed by atoms with Gasteiger partial charge in [0.25, 0.3) is 0 Å². The molecule has 3 aliphatic rings. The molecule has 0 spiro atoms. The Morgan fingerprint density at radius 1 is 1.15 bits per heavy atom. The van der Waals surface area contributed by atoms with Crippen molar-refractivity contribution in [2.45, 2.75) is 31.2 Å². The van der Waals surface area contributed by atoms with Gasteiger partial charge >= 0.3 is 0 Å². The standard InChI is InChI=1S/C22H19FN4/c23-17-4-3-13(6-14(17)9-24)22-21-12-2-1-11(5-12)20(21)16-7-15-10-25-27-18(15)8-19(16)26-22/h3-4,6-8,10-12,20-22,26H,1-2,5H2,(H,25,27)/t11?,12?,20-,21-,22+/m1/s1. The lowest BCUT2D eigenvalue weighted by Gasteiger charge is -2.43. The number of aromatic amines is 1. The third kappa shape index (κ3) is 2.04. The average Bonchev–Trinajstić information content (AvgIpc) is 3.42. The topological polar surface area (TPSA) is 64.5 Å². The molecule has 0 saturated heterocycles. The number of nitrogens with one attached hydrogen (secondary N) is 2. The SMILES string of the molecule is N#Cc1cc([C@@H]2Nc3cc4[nH]ncc4cc3[C@H]3C4CCC(C4)[C@@H]23)ccc1F. The van der Waals surface area contributed by atoms with E-state index in [1.54, 1.807) is 6.07 Å². The van der Waals surface area contributed by atoms with Crippen LogP contribution in [0.25, 0.3) is 10.9 Å². The monoisotopic (exact) mass is 358 g/mol. The van der Waals surface area contributed by atoms with Gasteiger partial charge in [-0.05, 0) is 78.3 Å². The Hall–Kier alpha value is -2.87. The third-order valence-electron chi connectivity index (χ3n) is 7.12. The Labute approximate surface area is 156 Å². The summed E-state index contributed by atoms with van der Waals surface area (Å²) in [4.78, 5) is 0. The molecule has 3 aromatic rings. The summed E-state index contributed by atoms with van der Waals surface area (Å²) in [6.45, 7) is 0. The van der Waals surface area contributed by atoms with Gasteiger partial charge in [0.05, 0.1) is 23.3 Å². The summed E-state index contributed by atoms with van der Waals surface area (Å²) in [5, 5.41) is 21.4. The van der Waals surface area contributed by atoms with Gasteiger partial charge in [0.1, 0.15) is 11.9 Å². The Kier molecular flexibility index (Phi) is 3.00. The van der Waals surface area contributed by atoms with Crippen molar-refractivity contribution < 1.29 is 4.39 Å². The van der Waals surface area contributed by atoms with E-state index in [2.05, 4.69) is 27.6 Å². The van der Waals surface area contributed by atoms with E-state index in [-0.39, 0.29) is 11.6 Å². The van der Waals surface area contributed by atoms with E-state index in [4.69, 9.17) is 0 Å². The lowest BCUT2D eigenvalue weighted by atomic mass is 9.68. The molecule has 2 aromatic carbocycles.